The number of nitrogens with one attached hydrogen (secondary N) is 1. The van der Waals surface area contributed by atoms with Crippen molar-refractivity contribution in [2.45, 2.75) is 277 Å². The van der Waals surface area contributed by atoms with Gasteiger partial charge in [-0.3, -0.25) is 9.59 Å². The van der Waals surface area contributed by atoms with Crippen molar-refractivity contribution in [3.8, 4) is 0 Å². The number of amides is 1. The van der Waals surface area contributed by atoms with Crippen LogP contribution in [0.15, 0.2) is 48.6 Å². The molecule has 3 atom stereocenters. The van der Waals surface area contributed by atoms with Crippen LogP contribution < -0.4 is 5.32 Å². The second kappa shape index (κ2) is 47.9. The summed E-state index contributed by atoms with van der Waals surface area (Å²) >= 11 is 0. The van der Waals surface area contributed by atoms with E-state index in [1.54, 1.807) is 0 Å². The predicted octanol–water partition coefficient (Wildman–Crippen LogP) is 15.5. The molecule has 1 amide bonds. The molecule has 0 bridgehead atoms. The third-order valence-electron chi connectivity index (χ3n) is 11.8. The molecule has 0 aliphatic rings. The zero-order valence-electron chi connectivity index (χ0n) is 39.8. The van der Waals surface area contributed by atoms with Crippen LogP contribution in [-0.2, 0) is 14.3 Å². The van der Waals surface area contributed by atoms with E-state index in [9.17, 15) is 19.8 Å². The van der Waals surface area contributed by atoms with Crippen molar-refractivity contribution >= 4 is 11.9 Å². The van der Waals surface area contributed by atoms with Gasteiger partial charge in [-0.05, 0) is 44.9 Å². The molecule has 0 aliphatic carbocycles. The van der Waals surface area contributed by atoms with Crippen LogP contribution in [0.5, 0.6) is 0 Å². The monoisotopic (exact) mass is 842 g/mol. The van der Waals surface area contributed by atoms with E-state index in [0.717, 1.165) is 64.2 Å². The molecule has 0 heterocycles. The molecule has 0 spiro atoms. The molecule has 3 N–H and O–H groups in total. The molecule has 60 heavy (non-hydrogen) atoms. The Morgan fingerprint density at radius 1 is 0.500 bits per heavy atom. The van der Waals surface area contributed by atoms with E-state index in [-0.39, 0.29) is 24.9 Å². The lowest BCUT2D eigenvalue weighted by Crippen LogP contribution is -2.46. The summed E-state index contributed by atoms with van der Waals surface area (Å²) in [6.07, 6.45) is 57.4. The molecule has 0 aromatic rings. The number of unbranched alkanes of at least 4 members (excludes halogenated alkanes) is 29. The van der Waals surface area contributed by atoms with Crippen molar-refractivity contribution in [1.82, 2.24) is 5.32 Å². The van der Waals surface area contributed by atoms with Crippen molar-refractivity contribution in [2.75, 3.05) is 6.61 Å². The van der Waals surface area contributed by atoms with E-state index in [4.69, 9.17) is 4.74 Å². The van der Waals surface area contributed by atoms with Crippen molar-refractivity contribution < 1.29 is 24.5 Å². The Labute approximate surface area is 372 Å². The van der Waals surface area contributed by atoms with Crippen molar-refractivity contribution in [2.24, 2.45) is 0 Å². The second-order valence-electron chi connectivity index (χ2n) is 17.6. The zero-order valence-corrected chi connectivity index (χ0v) is 39.8. The van der Waals surface area contributed by atoms with Gasteiger partial charge in [0.15, 0.2) is 0 Å². The van der Waals surface area contributed by atoms with Gasteiger partial charge in [0.1, 0.15) is 6.10 Å². The van der Waals surface area contributed by atoms with Gasteiger partial charge in [-0.2, -0.15) is 0 Å². The molecule has 6 nitrogen and oxygen atoms in total. The number of esters is 1. The first-order chi connectivity index (χ1) is 29.5. The van der Waals surface area contributed by atoms with Crippen LogP contribution in [0.3, 0.4) is 0 Å². The van der Waals surface area contributed by atoms with Gasteiger partial charge in [-0.25, -0.2) is 0 Å². The van der Waals surface area contributed by atoms with Crippen LogP contribution in [0.4, 0.5) is 0 Å². The SMILES string of the molecule is CC/C=C/C=C/C=C\C=C/CCCCCC(=O)OC(CCCCCCCCCCCCCCCCC)CC(=O)NC(CO)C(O)CCCCCCCCCCCCCCC. The number of carbonyl (C=O) groups is 2. The molecule has 0 aromatic heterocycles. The number of hydrogen-bond donors (Lipinski definition) is 3. The Kier molecular flexibility index (Phi) is 46.1. The average Bonchev–Trinajstić information content (AvgIpc) is 3.24. The molecule has 0 rings (SSSR count). The summed E-state index contributed by atoms with van der Waals surface area (Å²) in [5.74, 6) is -0.511. The highest BCUT2D eigenvalue weighted by molar-refractivity contribution is 5.77. The summed E-state index contributed by atoms with van der Waals surface area (Å²) in [6.45, 7) is 6.35. The fourth-order valence-electron chi connectivity index (χ4n) is 7.85. The Balaban J connectivity index is 4.61. The van der Waals surface area contributed by atoms with Gasteiger partial charge in [0.2, 0.25) is 5.91 Å². The summed E-state index contributed by atoms with van der Waals surface area (Å²) < 4.78 is 5.92. The number of hydrogen-bond acceptors (Lipinski definition) is 5. The van der Waals surface area contributed by atoms with Crippen molar-refractivity contribution in [1.29, 1.82) is 0 Å². The average molecular weight is 842 g/mol. The normalized spacial score (nSPS) is 13.6. The number of aliphatic hydroxyl groups is 2. The first kappa shape index (κ1) is 57.8. The van der Waals surface area contributed by atoms with Gasteiger partial charge >= 0.3 is 5.97 Å². The van der Waals surface area contributed by atoms with Gasteiger partial charge in [-0.1, -0.05) is 249 Å². The van der Waals surface area contributed by atoms with Gasteiger partial charge in [0.25, 0.3) is 0 Å². The van der Waals surface area contributed by atoms with E-state index < -0.39 is 18.2 Å². The van der Waals surface area contributed by atoms with E-state index in [1.165, 1.54) is 148 Å². The van der Waals surface area contributed by atoms with Crippen LogP contribution >= 0.6 is 0 Å². The lowest BCUT2D eigenvalue weighted by molar-refractivity contribution is -0.151. The first-order valence-corrected chi connectivity index (χ1v) is 25.9. The molecule has 0 fully saturated rings. The van der Waals surface area contributed by atoms with E-state index in [1.807, 2.05) is 24.3 Å². The molecular weight excluding hydrogens is 743 g/mol. The molecule has 0 saturated carbocycles. The molecule has 6 heteroatoms. The number of ether oxygens (including phenoxy) is 1. The molecule has 0 aliphatic heterocycles. The Morgan fingerprint density at radius 3 is 1.35 bits per heavy atom. The third kappa shape index (κ3) is 42.5. The topological polar surface area (TPSA) is 95.9 Å². The fourth-order valence-corrected chi connectivity index (χ4v) is 7.85. The maximum Gasteiger partial charge on any atom is 0.306 e. The minimum Gasteiger partial charge on any atom is -0.462 e. The van der Waals surface area contributed by atoms with Crippen LogP contribution in [0.2, 0.25) is 0 Å². The van der Waals surface area contributed by atoms with Gasteiger partial charge in [0, 0.05) is 6.42 Å². The maximum atomic E-state index is 13.2. The molecule has 0 radical (unpaired) electrons. The second-order valence-corrected chi connectivity index (χ2v) is 17.6. The quantitative estimate of drug-likeness (QED) is 0.0322. The summed E-state index contributed by atoms with van der Waals surface area (Å²) in [5, 5.41) is 23.8. The zero-order chi connectivity index (χ0) is 43.8. The smallest absolute Gasteiger partial charge is 0.306 e. The highest BCUT2D eigenvalue weighted by Crippen LogP contribution is 2.18. The summed E-state index contributed by atoms with van der Waals surface area (Å²) in [5.41, 5.74) is 0. The largest absolute Gasteiger partial charge is 0.462 e. The van der Waals surface area contributed by atoms with E-state index >= 15 is 0 Å². The van der Waals surface area contributed by atoms with E-state index in [2.05, 4.69) is 50.4 Å². The maximum absolute atomic E-state index is 13.2. The number of rotatable bonds is 46. The summed E-state index contributed by atoms with van der Waals surface area (Å²) in [7, 11) is 0. The number of allylic oxidation sites excluding steroid dienone is 8. The van der Waals surface area contributed by atoms with Crippen LogP contribution in [0.25, 0.3) is 0 Å². The summed E-state index contributed by atoms with van der Waals surface area (Å²) in [6, 6.07) is -0.707. The molecule has 350 valence electrons. The minimum absolute atomic E-state index is 0.0642. The van der Waals surface area contributed by atoms with Gasteiger partial charge < -0.3 is 20.3 Å². The Morgan fingerprint density at radius 2 is 0.900 bits per heavy atom. The number of aliphatic hydroxyl groups excluding tert-OH is 2. The van der Waals surface area contributed by atoms with Crippen molar-refractivity contribution in [3.63, 3.8) is 0 Å². The van der Waals surface area contributed by atoms with Gasteiger partial charge in [0.05, 0.1) is 25.2 Å². The highest BCUT2D eigenvalue weighted by Gasteiger charge is 2.24. The van der Waals surface area contributed by atoms with Crippen LogP contribution in [-0.4, -0.2) is 46.9 Å². The lowest BCUT2D eigenvalue weighted by Gasteiger charge is -2.24. The van der Waals surface area contributed by atoms with Crippen LogP contribution in [0, 0.1) is 0 Å². The third-order valence-corrected chi connectivity index (χ3v) is 11.8. The highest BCUT2D eigenvalue weighted by atomic mass is 16.5. The lowest BCUT2D eigenvalue weighted by atomic mass is 10.0. The Bertz CT molecular complexity index is 1040. The first-order valence-electron chi connectivity index (χ1n) is 25.9. The van der Waals surface area contributed by atoms with Gasteiger partial charge in [-0.15, -0.1) is 0 Å². The fraction of sp³-hybridized carbons (Fsp3) is 0.815. The molecule has 0 saturated heterocycles. The molecular formula is C54H99NO5. The standard InChI is InChI=1S/C54H99NO5/c1-4-7-10-13-16-19-22-25-26-29-30-33-36-39-42-45-50(60-54(59)47-44-41-38-35-32-28-24-21-18-15-12-9-6-3)48-53(58)55-51(49-56)52(57)46-43-40-37-34-31-27-23-20-17-14-11-8-5-2/h9,12,15,18,21,24,28,32,50-52,56-57H,4-8,10-11,13-14,16-17,19-20,22-23,25-27,29-31,33-49H2,1-3H3,(H,55,58)/b12-9+,18-15+,24-21-,32-28-. The molecule has 0 aromatic carbocycles. The number of carbonyl (C=O) groups excluding carboxylic acids is 2. The minimum atomic E-state index is -0.793. The van der Waals surface area contributed by atoms with Crippen molar-refractivity contribution in [3.05, 3.63) is 48.6 Å². The predicted molar refractivity (Wildman–Crippen MR) is 259 cm³/mol. The van der Waals surface area contributed by atoms with Crippen LogP contribution in [0.1, 0.15) is 258 Å². The summed E-state index contributed by atoms with van der Waals surface area (Å²) in [4.78, 5) is 26.1. The Hall–Kier alpha value is -2.18. The van der Waals surface area contributed by atoms with E-state index in [0.29, 0.717) is 19.3 Å². The molecule has 3 unspecified atom stereocenters.